The number of aliphatic imine (C=N–C) groups is 1. The van der Waals surface area contributed by atoms with E-state index in [-0.39, 0.29) is 24.0 Å². The second-order valence-corrected chi connectivity index (χ2v) is 6.18. The van der Waals surface area contributed by atoms with Gasteiger partial charge in [0.2, 0.25) is 0 Å². The Kier molecular flexibility index (Phi) is 9.66. The summed E-state index contributed by atoms with van der Waals surface area (Å²) in [6.07, 6.45) is 3.83. The second-order valence-electron chi connectivity index (χ2n) is 6.18. The van der Waals surface area contributed by atoms with E-state index in [1.54, 1.807) is 7.11 Å². The topological polar surface area (TPSA) is 40.1 Å². The van der Waals surface area contributed by atoms with Crippen molar-refractivity contribution in [1.82, 2.24) is 15.1 Å². The molecule has 0 amide bonds. The van der Waals surface area contributed by atoms with Crippen molar-refractivity contribution >= 4 is 29.9 Å². The minimum absolute atomic E-state index is 0. The van der Waals surface area contributed by atoms with E-state index in [1.807, 2.05) is 0 Å². The van der Waals surface area contributed by atoms with E-state index in [1.165, 1.54) is 25.8 Å². The summed E-state index contributed by atoms with van der Waals surface area (Å²) in [4.78, 5) is 9.88. The predicted molar refractivity (Wildman–Crippen MR) is 103 cm³/mol. The highest BCUT2D eigenvalue weighted by Crippen LogP contribution is 2.18. The normalized spacial score (nSPS) is 26.3. The minimum Gasteiger partial charge on any atom is -0.384 e. The van der Waals surface area contributed by atoms with E-state index in [0.717, 1.165) is 45.3 Å². The van der Waals surface area contributed by atoms with Crippen LogP contribution in [-0.4, -0.2) is 74.8 Å². The van der Waals surface area contributed by atoms with Crippen LogP contribution in [0.25, 0.3) is 0 Å². The quantitative estimate of drug-likeness (QED) is 0.403. The maximum atomic E-state index is 5.29. The van der Waals surface area contributed by atoms with E-state index < -0.39 is 0 Å². The Morgan fingerprint density at radius 1 is 1.27 bits per heavy atom. The van der Waals surface area contributed by atoms with Crippen LogP contribution in [0.3, 0.4) is 0 Å². The Balaban J connectivity index is 0.00000242. The van der Waals surface area contributed by atoms with E-state index in [2.05, 4.69) is 29.0 Å². The summed E-state index contributed by atoms with van der Waals surface area (Å²) >= 11 is 0. The first kappa shape index (κ1) is 20.0. The molecular formula is C16H33IN4O. The Hall–Kier alpha value is -0.0800. The molecule has 0 spiro atoms. The van der Waals surface area contributed by atoms with Crippen LogP contribution in [0.4, 0.5) is 0 Å². The monoisotopic (exact) mass is 424 g/mol. The van der Waals surface area contributed by atoms with Crippen LogP contribution < -0.4 is 5.32 Å². The van der Waals surface area contributed by atoms with Gasteiger partial charge in [0, 0.05) is 38.7 Å². The molecule has 6 heteroatoms. The lowest BCUT2D eigenvalue weighted by atomic mass is 10.1. The molecule has 0 aromatic heterocycles. The van der Waals surface area contributed by atoms with Gasteiger partial charge in [0.05, 0.1) is 13.2 Å². The van der Waals surface area contributed by atoms with E-state index in [0.29, 0.717) is 12.0 Å². The molecule has 22 heavy (non-hydrogen) atoms. The molecule has 0 aliphatic carbocycles. The minimum atomic E-state index is 0. The number of halogens is 1. The summed E-state index contributed by atoms with van der Waals surface area (Å²) in [5.41, 5.74) is 0. The number of ether oxygens (including phenoxy) is 1. The predicted octanol–water partition coefficient (Wildman–Crippen LogP) is 2.02. The second kappa shape index (κ2) is 10.6. The van der Waals surface area contributed by atoms with E-state index >= 15 is 0 Å². The zero-order chi connectivity index (χ0) is 15.1. The smallest absolute Gasteiger partial charge is 0.193 e. The number of guanidine groups is 1. The number of likely N-dealkylation sites (tertiary alicyclic amines) is 2. The molecule has 2 atom stereocenters. The molecule has 2 rings (SSSR count). The maximum absolute atomic E-state index is 5.29. The zero-order valence-electron chi connectivity index (χ0n) is 14.4. The fourth-order valence-corrected chi connectivity index (χ4v) is 3.53. The molecule has 0 aromatic carbocycles. The van der Waals surface area contributed by atoms with Crippen molar-refractivity contribution in [3.8, 4) is 0 Å². The molecule has 5 nitrogen and oxygen atoms in total. The van der Waals surface area contributed by atoms with Gasteiger partial charge in [-0.2, -0.15) is 0 Å². The van der Waals surface area contributed by atoms with Crippen molar-refractivity contribution in [1.29, 1.82) is 0 Å². The Morgan fingerprint density at radius 2 is 2.09 bits per heavy atom. The molecule has 2 saturated heterocycles. The third-order valence-corrected chi connectivity index (χ3v) is 4.68. The molecule has 2 aliphatic rings. The van der Waals surface area contributed by atoms with Gasteiger partial charge < -0.3 is 15.0 Å². The van der Waals surface area contributed by atoms with Crippen LogP contribution in [0.2, 0.25) is 0 Å². The van der Waals surface area contributed by atoms with Crippen molar-refractivity contribution in [3.63, 3.8) is 0 Å². The fourth-order valence-electron chi connectivity index (χ4n) is 3.53. The Bertz CT molecular complexity index is 340. The highest BCUT2D eigenvalue weighted by Gasteiger charge is 2.26. The number of nitrogens with one attached hydrogen (secondary N) is 1. The molecule has 1 N–H and O–H groups in total. The number of hydrogen-bond donors (Lipinski definition) is 1. The van der Waals surface area contributed by atoms with E-state index in [9.17, 15) is 0 Å². The van der Waals surface area contributed by atoms with Gasteiger partial charge in [0.15, 0.2) is 5.96 Å². The van der Waals surface area contributed by atoms with Gasteiger partial charge in [-0.3, -0.25) is 9.89 Å². The standard InChI is InChI=1S/C16H32N4O.HI/c1-4-17-16(20-10-8-14(12-20)13-21-3)18-11-15-7-6-9-19(15)5-2;/h14-15H,4-13H2,1-3H3,(H,17,18);1H. The summed E-state index contributed by atoms with van der Waals surface area (Å²) in [7, 11) is 1.79. The van der Waals surface area contributed by atoms with E-state index in [4.69, 9.17) is 9.73 Å². The Morgan fingerprint density at radius 3 is 2.77 bits per heavy atom. The first-order valence-corrected chi connectivity index (χ1v) is 8.54. The van der Waals surface area contributed by atoms with Crippen molar-refractivity contribution in [3.05, 3.63) is 0 Å². The number of nitrogens with zero attached hydrogens (tertiary/aromatic N) is 3. The molecule has 0 saturated carbocycles. The lowest BCUT2D eigenvalue weighted by Gasteiger charge is -2.24. The molecule has 2 fully saturated rings. The summed E-state index contributed by atoms with van der Waals surface area (Å²) < 4.78 is 5.29. The van der Waals surface area contributed by atoms with Gasteiger partial charge >= 0.3 is 0 Å². The number of likely N-dealkylation sites (N-methyl/N-ethyl adjacent to an activating group) is 1. The lowest BCUT2D eigenvalue weighted by molar-refractivity contribution is 0.157. The summed E-state index contributed by atoms with van der Waals surface area (Å²) in [6, 6.07) is 0.640. The Labute approximate surface area is 152 Å². The van der Waals surface area contributed by atoms with Crippen LogP contribution in [0.1, 0.15) is 33.1 Å². The molecule has 0 bridgehead atoms. The first-order chi connectivity index (χ1) is 10.3. The highest BCUT2D eigenvalue weighted by molar-refractivity contribution is 14.0. The molecule has 130 valence electrons. The van der Waals surface area contributed by atoms with Crippen LogP contribution >= 0.6 is 24.0 Å². The largest absolute Gasteiger partial charge is 0.384 e. The third-order valence-electron chi connectivity index (χ3n) is 4.68. The van der Waals surface area contributed by atoms with Crippen LogP contribution in [0.15, 0.2) is 4.99 Å². The van der Waals surface area contributed by atoms with Crippen molar-refractivity contribution in [2.45, 2.75) is 39.2 Å². The highest BCUT2D eigenvalue weighted by atomic mass is 127. The number of rotatable bonds is 6. The average Bonchev–Trinajstić information content (AvgIpc) is 3.12. The molecule has 2 unspecified atom stereocenters. The molecule has 2 heterocycles. The van der Waals surface area contributed by atoms with Gasteiger partial charge in [-0.25, -0.2) is 0 Å². The number of methoxy groups -OCH3 is 1. The average molecular weight is 424 g/mol. The lowest BCUT2D eigenvalue weighted by Crippen LogP contribution is -2.41. The van der Waals surface area contributed by atoms with Crippen LogP contribution in [-0.2, 0) is 4.74 Å². The first-order valence-electron chi connectivity index (χ1n) is 8.54. The van der Waals surface area contributed by atoms with Gasteiger partial charge in [-0.1, -0.05) is 6.92 Å². The molecule has 0 radical (unpaired) electrons. The van der Waals surface area contributed by atoms with Crippen molar-refractivity contribution < 1.29 is 4.74 Å². The SMILES string of the molecule is CCNC(=NCC1CCCN1CC)N1CCC(COC)C1.I. The van der Waals surface area contributed by atoms with Crippen molar-refractivity contribution in [2.75, 3.05) is 53.0 Å². The van der Waals surface area contributed by atoms with Gasteiger partial charge in [-0.15, -0.1) is 24.0 Å². The zero-order valence-corrected chi connectivity index (χ0v) is 16.7. The molecule has 0 aromatic rings. The fraction of sp³-hybridized carbons (Fsp3) is 0.938. The van der Waals surface area contributed by atoms with Gasteiger partial charge in [-0.05, 0) is 39.3 Å². The summed E-state index contributed by atoms with van der Waals surface area (Å²) in [5.74, 6) is 1.75. The van der Waals surface area contributed by atoms with Gasteiger partial charge in [0.1, 0.15) is 0 Å². The number of hydrogen-bond acceptors (Lipinski definition) is 3. The van der Waals surface area contributed by atoms with Gasteiger partial charge in [0.25, 0.3) is 0 Å². The van der Waals surface area contributed by atoms with Crippen LogP contribution in [0.5, 0.6) is 0 Å². The summed E-state index contributed by atoms with van der Waals surface area (Å²) in [6.45, 7) is 11.7. The third kappa shape index (κ3) is 5.53. The maximum Gasteiger partial charge on any atom is 0.193 e. The van der Waals surface area contributed by atoms with Crippen LogP contribution in [0, 0.1) is 5.92 Å². The molecular weight excluding hydrogens is 391 g/mol. The summed E-state index contributed by atoms with van der Waals surface area (Å²) in [5, 5.41) is 3.46. The molecule has 2 aliphatic heterocycles. The van der Waals surface area contributed by atoms with Crippen molar-refractivity contribution in [2.24, 2.45) is 10.9 Å².